The van der Waals surface area contributed by atoms with E-state index in [1.54, 1.807) is 30.5 Å². The van der Waals surface area contributed by atoms with Gasteiger partial charge >= 0.3 is 0 Å². The van der Waals surface area contributed by atoms with Gasteiger partial charge in [-0.05, 0) is 62.6 Å². The zero-order valence-electron chi connectivity index (χ0n) is 17.5. The molecular formula is C24H24N4O2. The van der Waals surface area contributed by atoms with Crippen molar-refractivity contribution in [2.45, 2.75) is 26.9 Å². The van der Waals surface area contributed by atoms with Gasteiger partial charge in [-0.25, -0.2) is 9.97 Å². The highest BCUT2D eigenvalue weighted by Gasteiger charge is 2.10. The van der Waals surface area contributed by atoms with Crippen LogP contribution in [0.25, 0.3) is 22.0 Å². The van der Waals surface area contributed by atoms with Crippen LogP contribution in [0.15, 0.2) is 60.9 Å². The number of carbonyl (C=O) groups is 1. The first kappa shape index (κ1) is 19.6. The average molecular weight is 400 g/mol. The lowest BCUT2D eigenvalue weighted by Gasteiger charge is -2.10. The van der Waals surface area contributed by atoms with Gasteiger partial charge in [0, 0.05) is 29.8 Å². The summed E-state index contributed by atoms with van der Waals surface area (Å²) in [6.45, 7) is 5.91. The summed E-state index contributed by atoms with van der Waals surface area (Å²) in [6, 6.07) is 15.1. The summed E-state index contributed by atoms with van der Waals surface area (Å²) in [4.78, 5) is 21.4. The highest BCUT2D eigenvalue weighted by Crippen LogP contribution is 2.26. The molecule has 1 N–H and O–H groups in total. The third-order valence-electron chi connectivity index (χ3n) is 4.97. The molecule has 0 saturated carbocycles. The lowest BCUT2D eigenvalue weighted by molar-refractivity contribution is 0.102. The Morgan fingerprint density at radius 2 is 1.77 bits per heavy atom. The van der Waals surface area contributed by atoms with Gasteiger partial charge in [-0.15, -0.1) is 0 Å². The van der Waals surface area contributed by atoms with E-state index in [9.17, 15) is 4.79 Å². The minimum absolute atomic E-state index is 0.0895. The van der Waals surface area contributed by atoms with E-state index in [-0.39, 0.29) is 12.0 Å². The first-order chi connectivity index (χ1) is 14.4. The number of carbonyl (C=O) groups excluding carboxylic acids is 1. The molecule has 0 aliphatic carbocycles. The number of ether oxygens (including phenoxy) is 1. The molecule has 6 nitrogen and oxygen atoms in total. The van der Waals surface area contributed by atoms with E-state index in [2.05, 4.69) is 32.0 Å². The van der Waals surface area contributed by atoms with Crippen LogP contribution in [0.2, 0.25) is 0 Å². The van der Waals surface area contributed by atoms with E-state index in [0.717, 1.165) is 33.6 Å². The van der Waals surface area contributed by atoms with Crippen molar-refractivity contribution in [2.24, 2.45) is 7.05 Å². The van der Waals surface area contributed by atoms with Crippen LogP contribution < -0.4 is 10.1 Å². The van der Waals surface area contributed by atoms with Crippen LogP contribution >= 0.6 is 0 Å². The standard InChI is InChI=1S/C24H24N4O2/c1-15(2)30-21-9-7-17(8-10-21)24(29)27-23-12-20-11-18(5-6-19(20)13-26-23)22-14-25-16(3)28(22)4/h5-15H,1-4H3,(H,26,27,29). The highest BCUT2D eigenvalue weighted by molar-refractivity contribution is 6.04. The Kier molecular flexibility index (Phi) is 5.23. The summed E-state index contributed by atoms with van der Waals surface area (Å²) in [5.74, 6) is 1.99. The molecule has 0 radical (unpaired) electrons. The summed E-state index contributed by atoms with van der Waals surface area (Å²) in [5.41, 5.74) is 2.66. The quantitative estimate of drug-likeness (QED) is 0.513. The van der Waals surface area contributed by atoms with Crippen LogP contribution in [0.1, 0.15) is 30.0 Å². The number of aromatic nitrogens is 3. The van der Waals surface area contributed by atoms with E-state index in [1.165, 1.54) is 0 Å². The molecule has 0 fully saturated rings. The van der Waals surface area contributed by atoms with Gasteiger partial charge in [0.05, 0.1) is 18.0 Å². The van der Waals surface area contributed by atoms with Gasteiger partial charge in [-0.2, -0.15) is 0 Å². The number of nitrogens with zero attached hydrogens (tertiary/aromatic N) is 3. The van der Waals surface area contributed by atoms with E-state index in [1.807, 2.05) is 46.1 Å². The van der Waals surface area contributed by atoms with Gasteiger partial charge < -0.3 is 14.6 Å². The molecule has 2 aromatic heterocycles. The van der Waals surface area contributed by atoms with Gasteiger partial charge in [0.25, 0.3) is 5.91 Å². The molecule has 1 amide bonds. The number of pyridine rings is 1. The number of rotatable bonds is 5. The van der Waals surface area contributed by atoms with E-state index in [0.29, 0.717) is 11.4 Å². The number of aryl methyl sites for hydroxylation is 1. The van der Waals surface area contributed by atoms with Gasteiger partial charge in [0.2, 0.25) is 0 Å². The Morgan fingerprint density at radius 1 is 1.00 bits per heavy atom. The molecule has 2 heterocycles. The molecule has 0 atom stereocenters. The molecule has 6 heteroatoms. The predicted molar refractivity (Wildman–Crippen MR) is 119 cm³/mol. The van der Waals surface area contributed by atoms with E-state index < -0.39 is 0 Å². The molecular weight excluding hydrogens is 376 g/mol. The topological polar surface area (TPSA) is 69.0 Å². The normalized spacial score (nSPS) is 11.1. The third-order valence-corrected chi connectivity index (χ3v) is 4.97. The van der Waals surface area contributed by atoms with Crippen molar-refractivity contribution < 1.29 is 9.53 Å². The lowest BCUT2D eigenvalue weighted by Crippen LogP contribution is -2.13. The lowest BCUT2D eigenvalue weighted by atomic mass is 10.1. The zero-order valence-corrected chi connectivity index (χ0v) is 17.5. The second-order valence-corrected chi connectivity index (χ2v) is 7.53. The number of benzene rings is 2. The van der Waals surface area contributed by atoms with Crippen LogP contribution in [-0.4, -0.2) is 26.5 Å². The SMILES string of the molecule is Cc1ncc(-c2ccc3cnc(NC(=O)c4ccc(OC(C)C)cc4)cc3c2)n1C. The van der Waals surface area contributed by atoms with Crippen molar-refractivity contribution in [3.63, 3.8) is 0 Å². The number of hydrogen-bond donors (Lipinski definition) is 1. The summed E-state index contributed by atoms with van der Waals surface area (Å²) in [5, 5.41) is 4.88. The van der Waals surface area contributed by atoms with Crippen molar-refractivity contribution in [1.82, 2.24) is 14.5 Å². The van der Waals surface area contributed by atoms with Crippen molar-refractivity contribution in [3.05, 3.63) is 72.3 Å². The number of amides is 1. The van der Waals surface area contributed by atoms with Crippen molar-refractivity contribution in [2.75, 3.05) is 5.32 Å². The van der Waals surface area contributed by atoms with Gasteiger partial charge in [-0.3, -0.25) is 4.79 Å². The largest absolute Gasteiger partial charge is 0.491 e. The monoisotopic (exact) mass is 400 g/mol. The maximum absolute atomic E-state index is 12.6. The van der Waals surface area contributed by atoms with Crippen LogP contribution in [0.5, 0.6) is 5.75 Å². The van der Waals surface area contributed by atoms with Crippen LogP contribution in [0, 0.1) is 6.92 Å². The number of nitrogens with one attached hydrogen (secondary N) is 1. The van der Waals surface area contributed by atoms with Crippen LogP contribution in [0.3, 0.4) is 0 Å². The molecule has 0 bridgehead atoms. The minimum atomic E-state index is -0.212. The summed E-state index contributed by atoms with van der Waals surface area (Å²) in [6.07, 6.45) is 3.72. The van der Waals surface area contributed by atoms with Crippen molar-refractivity contribution in [3.8, 4) is 17.0 Å². The van der Waals surface area contributed by atoms with E-state index >= 15 is 0 Å². The second-order valence-electron chi connectivity index (χ2n) is 7.53. The van der Waals surface area contributed by atoms with E-state index in [4.69, 9.17) is 4.74 Å². The fourth-order valence-corrected chi connectivity index (χ4v) is 3.28. The summed E-state index contributed by atoms with van der Waals surface area (Å²) >= 11 is 0. The molecule has 152 valence electrons. The predicted octanol–water partition coefficient (Wildman–Crippen LogP) is 4.98. The third kappa shape index (κ3) is 4.03. The zero-order chi connectivity index (χ0) is 21.3. The molecule has 0 unspecified atom stereocenters. The first-order valence-electron chi connectivity index (χ1n) is 9.87. The van der Waals surface area contributed by atoms with Gasteiger partial charge in [0.15, 0.2) is 0 Å². The Hall–Kier alpha value is -3.67. The number of fused-ring (bicyclic) bond motifs is 1. The molecule has 0 aliphatic heterocycles. The van der Waals surface area contributed by atoms with Crippen molar-refractivity contribution in [1.29, 1.82) is 0 Å². The van der Waals surface area contributed by atoms with Gasteiger partial charge in [0.1, 0.15) is 17.4 Å². The Bertz CT molecular complexity index is 1210. The fourth-order valence-electron chi connectivity index (χ4n) is 3.28. The van der Waals surface area contributed by atoms with Gasteiger partial charge in [-0.1, -0.05) is 12.1 Å². The molecule has 2 aromatic carbocycles. The molecule has 4 aromatic rings. The van der Waals surface area contributed by atoms with Crippen molar-refractivity contribution >= 4 is 22.5 Å². The molecule has 4 rings (SSSR count). The maximum Gasteiger partial charge on any atom is 0.256 e. The average Bonchev–Trinajstić information content (AvgIpc) is 3.06. The first-order valence-corrected chi connectivity index (χ1v) is 9.87. The molecule has 0 aliphatic rings. The second kappa shape index (κ2) is 7.99. The Labute approximate surface area is 175 Å². The number of hydrogen-bond acceptors (Lipinski definition) is 4. The molecule has 30 heavy (non-hydrogen) atoms. The molecule has 0 saturated heterocycles. The van der Waals surface area contributed by atoms with Crippen LogP contribution in [-0.2, 0) is 7.05 Å². The minimum Gasteiger partial charge on any atom is -0.491 e. The summed E-state index contributed by atoms with van der Waals surface area (Å²) < 4.78 is 7.68. The highest BCUT2D eigenvalue weighted by atomic mass is 16.5. The maximum atomic E-state index is 12.6. The van der Waals surface area contributed by atoms with Crippen LogP contribution in [0.4, 0.5) is 5.82 Å². The summed E-state index contributed by atoms with van der Waals surface area (Å²) in [7, 11) is 2.00. The Morgan fingerprint density at radius 3 is 2.43 bits per heavy atom. The fraction of sp³-hybridized carbons (Fsp3) is 0.208. The number of imidazole rings is 1. The Balaban J connectivity index is 1.57. The molecule has 0 spiro atoms. The smallest absolute Gasteiger partial charge is 0.256 e. The number of anilines is 1.